The molecule has 0 aliphatic rings. The topological polar surface area (TPSA) is 63.3 Å². The number of hydrogen-bond acceptors (Lipinski definition) is 3. The van der Waals surface area contributed by atoms with Crippen LogP contribution in [-0.2, 0) is 4.79 Å². The van der Waals surface area contributed by atoms with Gasteiger partial charge < -0.3 is 10.8 Å². The van der Waals surface area contributed by atoms with Crippen molar-refractivity contribution in [1.82, 2.24) is 0 Å². The Balaban J connectivity index is 3.81. The summed E-state index contributed by atoms with van der Waals surface area (Å²) >= 11 is 1.74. The van der Waals surface area contributed by atoms with Crippen molar-refractivity contribution in [2.45, 2.75) is 65.8 Å². The largest absolute Gasteiger partial charge is 0.480 e. The lowest BCUT2D eigenvalue weighted by atomic mass is 10.1. The van der Waals surface area contributed by atoms with Crippen LogP contribution < -0.4 is 5.73 Å². The minimum atomic E-state index is -0.913. The Kier molecular flexibility index (Phi) is 12.9. The van der Waals surface area contributed by atoms with Crippen molar-refractivity contribution < 1.29 is 9.90 Å². The molecule has 0 spiro atoms. The summed E-state index contributed by atoms with van der Waals surface area (Å²) in [6.07, 6.45) is 11.9. The number of rotatable bonds is 12. The molecule has 4 heteroatoms. The summed E-state index contributed by atoms with van der Waals surface area (Å²) in [5.41, 5.74) is 9.71. The van der Waals surface area contributed by atoms with E-state index in [1.165, 1.54) is 16.7 Å². The molecule has 0 saturated carbocycles. The van der Waals surface area contributed by atoms with Crippen LogP contribution >= 0.6 is 11.8 Å². The molecule has 0 radical (unpaired) electrons. The molecule has 0 unspecified atom stereocenters. The van der Waals surface area contributed by atoms with Crippen LogP contribution in [0.1, 0.15) is 59.8 Å². The summed E-state index contributed by atoms with van der Waals surface area (Å²) in [6, 6.07) is -0.730. The second-order valence-corrected chi connectivity index (χ2v) is 7.42. The summed E-state index contributed by atoms with van der Waals surface area (Å²) in [5.74, 6) is 0.811. The molecule has 3 nitrogen and oxygen atoms in total. The number of hydrogen-bond donors (Lipinski definition) is 2. The lowest BCUT2D eigenvalue weighted by Gasteiger charge is -2.05. The SMILES string of the molecule is CC(C)=CCCC(C)=CCCC(C)=CCSCC[C@H](N)C(=O)O. The molecule has 3 N–H and O–H groups in total. The summed E-state index contributed by atoms with van der Waals surface area (Å²) < 4.78 is 0. The first-order chi connectivity index (χ1) is 10.8. The van der Waals surface area contributed by atoms with Gasteiger partial charge in [0.2, 0.25) is 0 Å². The summed E-state index contributed by atoms with van der Waals surface area (Å²) in [4.78, 5) is 10.6. The molecule has 0 aromatic carbocycles. The molecule has 132 valence electrons. The van der Waals surface area contributed by atoms with Gasteiger partial charge >= 0.3 is 5.97 Å². The van der Waals surface area contributed by atoms with Gasteiger partial charge in [-0.25, -0.2) is 0 Å². The van der Waals surface area contributed by atoms with Crippen molar-refractivity contribution in [3.8, 4) is 0 Å². The van der Waals surface area contributed by atoms with E-state index in [9.17, 15) is 4.79 Å². The second-order valence-electron chi connectivity index (χ2n) is 6.27. The summed E-state index contributed by atoms with van der Waals surface area (Å²) in [6.45, 7) is 8.65. The Labute approximate surface area is 146 Å². The molecule has 0 bridgehead atoms. The number of aliphatic carboxylic acids is 1. The quantitative estimate of drug-likeness (QED) is 0.390. The normalized spacial score (nSPS) is 13.8. The lowest BCUT2D eigenvalue weighted by molar-refractivity contribution is -0.138. The molecule has 0 heterocycles. The number of nitrogens with two attached hydrogens (primary N) is 1. The van der Waals surface area contributed by atoms with Crippen LogP contribution in [0.15, 0.2) is 34.9 Å². The van der Waals surface area contributed by atoms with E-state index in [4.69, 9.17) is 10.8 Å². The maximum Gasteiger partial charge on any atom is 0.320 e. The predicted molar refractivity (Wildman–Crippen MR) is 103 cm³/mol. The minimum absolute atomic E-state index is 0.528. The first-order valence-corrected chi connectivity index (χ1v) is 9.49. The van der Waals surface area contributed by atoms with Crippen molar-refractivity contribution >= 4 is 17.7 Å². The van der Waals surface area contributed by atoms with Crippen LogP contribution in [0.5, 0.6) is 0 Å². The third-order valence-electron chi connectivity index (χ3n) is 3.56. The van der Waals surface area contributed by atoms with Gasteiger partial charge in [0.1, 0.15) is 6.04 Å². The van der Waals surface area contributed by atoms with Crippen LogP contribution in [0.4, 0.5) is 0 Å². The Hall–Kier alpha value is -1.00. The van der Waals surface area contributed by atoms with Crippen LogP contribution in [-0.4, -0.2) is 28.6 Å². The van der Waals surface area contributed by atoms with Crippen LogP contribution in [0.25, 0.3) is 0 Å². The lowest BCUT2D eigenvalue weighted by Crippen LogP contribution is -2.30. The molecular formula is C19H33NO2S. The van der Waals surface area contributed by atoms with E-state index in [-0.39, 0.29) is 0 Å². The van der Waals surface area contributed by atoms with Crippen molar-refractivity contribution in [2.75, 3.05) is 11.5 Å². The van der Waals surface area contributed by atoms with Gasteiger partial charge in [0, 0.05) is 5.75 Å². The fraction of sp³-hybridized carbons (Fsp3) is 0.632. The van der Waals surface area contributed by atoms with Crippen molar-refractivity contribution in [3.05, 3.63) is 34.9 Å². The van der Waals surface area contributed by atoms with E-state index >= 15 is 0 Å². The molecule has 0 saturated heterocycles. The van der Waals surface area contributed by atoms with Crippen LogP contribution in [0.3, 0.4) is 0 Å². The van der Waals surface area contributed by atoms with E-state index < -0.39 is 12.0 Å². The van der Waals surface area contributed by atoms with Crippen LogP contribution in [0.2, 0.25) is 0 Å². The first kappa shape index (κ1) is 22.0. The maximum atomic E-state index is 10.6. The molecule has 0 fully saturated rings. The molecule has 0 aromatic rings. The van der Waals surface area contributed by atoms with Gasteiger partial charge in [0.15, 0.2) is 0 Å². The number of carbonyl (C=O) groups is 1. The highest BCUT2D eigenvalue weighted by Crippen LogP contribution is 2.13. The van der Waals surface area contributed by atoms with E-state index in [2.05, 4.69) is 45.9 Å². The first-order valence-electron chi connectivity index (χ1n) is 8.33. The van der Waals surface area contributed by atoms with Gasteiger partial charge in [-0.05, 0) is 65.6 Å². The highest BCUT2D eigenvalue weighted by Gasteiger charge is 2.09. The fourth-order valence-electron chi connectivity index (χ4n) is 1.96. The monoisotopic (exact) mass is 339 g/mol. The summed E-state index contributed by atoms with van der Waals surface area (Å²) in [7, 11) is 0. The molecule has 23 heavy (non-hydrogen) atoms. The Morgan fingerprint density at radius 1 is 1.04 bits per heavy atom. The molecule has 0 amide bonds. The van der Waals surface area contributed by atoms with E-state index in [0.29, 0.717) is 6.42 Å². The number of carboxylic acids is 1. The van der Waals surface area contributed by atoms with Crippen molar-refractivity contribution in [1.29, 1.82) is 0 Å². The second kappa shape index (κ2) is 13.4. The average molecular weight is 340 g/mol. The van der Waals surface area contributed by atoms with E-state index in [1.807, 2.05) is 0 Å². The third kappa shape index (κ3) is 14.3. The Morgan fingerprint density at radius 3 is 2.17 bits per heavy atom. The zero-order valence-electron chi connectivity index (χ0n) is 15.1. The Morgan fingerprint density at radius 2 is 1.61 bits per heavy atom. The van der Waals surface area contributed by atoms with Crippen molar-refractivity contribution in [2.24, 2.45) is 5.73 Å². The molecule has 0 rings (SSSR count). The zero-order chi connectivity index (χ0) is 17.7. The maximum absolute atomic E-state index is 10.6. The molecule has 0 aromatic heterocycles. The third-order valence-corrected chi connectivity index (χ3v) is 4.49. The van der Waals surface area contributed by atoms with Gasteiger partial charge in [0.05, 0.1) is 0 Å². The predicted octanol–water partition coefficient (Wildman–Crippen LogP) is 4.94. The standard InChI is InChI=1S/C19H33NO2S/c1-15(2)7-5-8-16(3)9-6-10-17(4)11-13-23-14-12-18(20)19(21)22/h7,9,11,18H,5-6,8,10,12-14,20H2,1-4H3,(H,21,22)/t18-/m0/s1. The zero-order valence-corrected chi connectivity index (χ0v) is 15.9. The molecular weight excluding hydrogens is 306 g/mol. The number of thioether (sulfide) groups is 1. The number of carboxylic acid groups (broad SMARTS) is 1. The molecule has 0 aliphatic carbocycles. The van der Waals surface area contributed by atoms with Gasteiger partial charge in [-0.15, -0.1) is 0 Å². The van der Waals surface area contributed by atoms with Crippen LogP contribution in [0, 0.1) is 0 Å². The Bertz CT molecular complexity index is 435. The van der Waals surface area contributed by atoms with Gasteiger partial charge in [-0.2, -0.15) is 11.8 Å². The van der Waals surface area contributed by atoms with E-state index in [0.717, 1.165) is 37.2 Å². The highest BCUT2D eigenvalue weighted by atomic mass is 32.2. The molecule has 0 aliphatic heterocycles. The van der Waals surface area contributed by atoms with Gasteiger partial charge in [0.25, 0.3) is 0 Å². The minimum Gasteiger partial charge on any atom is -0.480 e. The summed E-state index contributed by atoms with van der Waals surface area (Å²) in [5, 5.41) is 8.69. The van der Waals surface area contributed by atoms with E-state index in [1.54, 1.807) is 11.8 Å². The highest BCUT2D eigenvalue weighted by molar-refractivity contribution is 7.99. The van der Waals surface area contributed by atoms with Gasteiger partial charge in [-0.3, -0.25) is 4.79 Å². The fourth-order valence-corrected chi connectivity index (χ4v) is 2.95. The molecule has 1 atom stereocenters. The number of allylic oxidation sites excluding steroid dienone is 5. The average Bonchev–Trinajstić information content (AvgIpc) is 2.46. The smallest absolute Gasteiger partial charge is 0.320 e. The van der Waals surface area contributed by atoms with Gasteiger partial charge in [-0.1, -0.05) is 34.9 Å². The van der Waals surface area contributed by atoms with Crippen molar-refractivity contribution in [3.63, 3.8) is 0 Å².